The molecule has 1 aliphatic heterocycles. The highest BCUT2D eigenvalue weighted by molar-refractivity contribution is 9.10. The van der Waals surface area contributed by atoms with Gasteiger partial charge in [-0.3, -0.25) is 9.69 Å². The summed E-state index contributed by atoms with van der Waals surface area (Å²) in [6.07, 6.45) is 3.71. The molecule has 2 aromatic rings. The molecule has 1 saturated heterocycles. The van der Waals surface area contributed by atoms with E-state index in [-0.39, 0.29) is 11.9 Å². The highest BCUT2D eigenvalue weighted by Gasteiger charge is 2.23. The van der Waals surface area contributed by atoms with Gasteiger partial charge < -0.3 is 10.1 Å². The van der Waals surface area contributed by atoms with Crippen LogP contribution in [-0.4, -0.2) is 37.6 Å². The molecule has 0 radical (unpaired) electrons. The molecule has 5 heteroatoms. The van der Waals surface area contributed by atoms with Gasteiger partial charge in [-0.1, -0.05) is 30.7 Å². The van der Waals surface area contributed by atoms with Gasteiger partial charge in [0.15, 0.2) is 0 Å². The van der Waals surface area contributed by atoms with E-state index in [4.69, 9.17) is 4.74 Å². The number of hydrogen-bond acceptors (Lipinski definition) is 3. The van der Waals surface area contributed by atoms with Crippen molar-refractivity contribution < 1.29 is 9.53 Å². The molecule has 1 amide bonds. The van der Waals surface area contributed by atoms with Crippen molar-refractivity contribution in [2.75, 3.05) is 26.7 Å². The number of benzene rings is 2. The summed E-state index contributed by atoms with van der Waals surface area (Å²) in [6, 6.07) is 15.9. The van der Waals surface area contributed by atoms with Crippen LogP contribution in [0.1, 0.15) is 41.2 Å². The summed E-state index contributed by atoms with van der Waals surface area (Å²) in [7, 11) is 1.68. The van der Waals surface area contributed by atoms with E-state index < -0.39 is 0 Å². The Balaban J connectivity index is 1.74. The van der Waals surface area contributed by atoms with Crippen LogP contribution in [0.15, 0.2) is 53.0 Å². The number of halogens is 1. The zero-order valence-electron chi connectivity index (χ0n) is 15.1. The van der Waals surface area contributed by atoms with Gasteiger partial charge in [-0.2, -0.15) is 0 Å². The van der Waals surface area contributed by atoms with Crippen molar-refractivity contribution in [3.05, 3.63) is 64.1 Å². The maximum absolute atomic E-state index is 12.6. The molecule has 4 nitrogen and oxygen atoms in total. The molecule has 1 atom stereocenters. The van der Waals surface area contributed by atoms with Crippen LogP contribution in [-0.2, 0) is 0 Å². The minimum atomic E-state index is -0.0482. The summed E-state index contributed by atoms with van der Waals surface area (Å²) < 4.78 is 6.09. The SMILES string of the molecule is COc1ccc(C(CNC(=O)c2ccccc2Br)N2CCCCC2)cc1. The molecule has 26 heavy (non-hydrogen) atoms. The van der Waals surface area contributed by atoms with Gasteiger partial charge in [0.05, 0.1) is 18.7 Å². The largest absolute Gasteiger partial charge is 0.497 e. The molecular formula is C21H25BrN2O2. The standard InChI is InChI=1S/C21H25BrN2O2/c1-26-17-11-9-16(10-12-17)20(24-13-5-2-6-14-24)15-23-21(25)18-7-3-4-8-19(18)22/h3-4,7-12,20H,2,5-6,13-15H2,1H3,(H,23,25). The number of carbonyl (C=O) groups is 1. The molecule has 1 N–H and O–H groups in total. The van der Waals surface area contributed by atoms with Crippen molar-refractivity contribution in [3.63, 3.8) is 0 Å². The topological polar surface area (TPSA) is 41.6 Å². The third-order valence-corrected chi connectivity index (χ3v) is 5.60. The lowest BCUT2D eigenvalue weighted by Gasteiger charge is -2.35. The Kier molecular flexibility index (Phi) is 6.69. The van der Waals surface area contributed by atoms with Gasteiger partial charge in [-0.15, -0.1) is 0 Å². The summed E-state index contributed by atoms with van der Waals surface area (Å²) in [5, 5.41) is 3.12. The monoisotopic (exact) mass is 416 g/mol. The fraction of sp³-hybridized carbons (Fsp3) is 0.381. The highest BCUT2D eigenvalue weighted by atomic mass is 79.9. The number of likely N-dealkylation sites (tertiary alicyclic amines) is 1. The number of rotatable bonds is 6. The quantitative estimate of drug-likeness (QED) is 0.757. The Morgan fingerprint density at radius 1 is 1.12 bits per heavy atom. The summed E-state index contributed by atoms with van der Waals surface area (Å²) in [4.78, 5) is 15.1. The number of nitrogens with zero attached hydrogens (tertiary/aromatic N) is 1. The number of methoxy groups -OCH3 is 1. The van der Waals surface area contributed by atoms with Gasteiger partial charge in [0.2, 0.25) is 0 Å². The van der Waals surface area contributed by atoms with Gasteiger partial charge in [0.25, 0.3) is 5.91 Å². The lowest BCUT2D eigenvalue weighted by Crippen LogP contribution is -2.40. The Hall–Kier alpha value is -1.85. The van der Waals surface area contributed by atoms with Gasteiger partial charge in [-0.25, -0.2) is 0 Å². The van der Waals surface area contributed by atoms with Crippen molar-refractivity contribution in [3.8, 4) is 5.75 Å². The van der Waals surface area contributed by atoms with E-state index in [0.717, 1.165) is 23.3 Å². The van der Waals surface area contributed by atoms with Gasteiger partial charge in [0.1, 0.15) is 5.75 Å². The van der Waals surface area contributed by atoms with E-state index in [1.54, 1.807) is 7.11 Å². The fourth-order valence-corrected chi connectivity index (χ4v) is 3.91. The second-order valence-corrected chi connectivity index (χ2v) is 7.43. The second-order valence-electron chi connectivity index (χ2n) is 6.58. The number of hydrogen-bond donors (Lipinski definition) is 1. The van der Waals surface area contributed by atoms with E-state index in [9.17, 15) is 4.79 Å². The summed E-state index contributed by atoms with van der Waals surface area (Å²) in [6.45, 7) is 2.73. The molecular weight excluding hydrogens is 392 g/mol. The van der Waals surface area contributed by atoms with Crippen LogP contribution in [0.4, 0.5) is 0 Å². The second kappa shape index (κ2) is 9.19. The fourth-order valence-electron chi connectivity index (χ4n) is 3.44. The Bertz CT molecular complexity index is 727. The predicted molar refractivity (Wildman–Crippen MR) is 108 cm³/mol. The van der Waals surface area contributed by atoms with Crippen molar-refractivity contribution in [2.24, 2.45) is 0 Å². The Labute approximate surface area is 163 Å². The minimum absolute atomic E-state index is 0.0482. The van der Waals surface area contributed by atoms with Crippen molar-refractivity contribution in [1.29, 1.82) is 0 Å². The van der Waals surface area contributed by atoms with Gasteiger partial charge >= 0.3 is 0 Å². The molecule has 1 heterocycles. The summed E-state index contributed by atoms with van der Waals surface area (Å²) >= 11 is 3.46. The number of carbonyl (C=O) groups excluding carboxylic acids is 1. The van der Waals surface area contributed by atoms with E-state index >= 15 is 0 Å². The molecule has 3 rings (SSSR count). The lowest BCUT2D eigenvalue weighted by molar-refractivity contribution is 0.0923. The molecule has 138 valence electrons. The van der Waals surface area contributed by atoms with E-state index in [1.165, 1.54) is 24.8 Å². The molecule has 0 saturated carbocycles. The van der Waals surface area contributed by atoms with Crippen LogP contribution >= 0.6 is 15.9 Å². The summed E-state index contributed by atoms with van der Waals surface area (Å²) in [5.74, 6) is 0.802. The molecule has 0 aliphatic carbocycles. The molecule has 0 spiro atoms. The van der Waals surface area contributed by atoms with Crippen molar-refractivity contribution >= 4 is 21.8 Å². The third-order valence-electron chi connectivity index (χ3n) is 4.91. The van der Waals surface area contributed by atoms with Crippen LogP contribution in [0.2, 0.25) is 0 Å². The van der Waals surface area contributed by atoms with Crippen molar-refractivity contribution in [1.82, 2.24) is 10.2 Å². The minimum Gasteiger partial charge on any atom is -0.497 e. The molecule has 1 aliphatic rings. The zero-order chi connectivity index (χ0) is 18.4. The maximum atomic E-state index is 12.6. The Morgan fingerprint density at radius 2 is 1.81 bits per heavy atom. The smallest absolute Gasteiger partial charge is 0.252 e. The molecule has 2 aromatic carbocycles. The zero-order valence-corrected chi connectivity index (χ0v) is 16.7. The van der Waals surface area contributed by atoms with Gasteiger partial charge in [-0.05, 0) is 71.7 Å². The van der Waals surface area contributed by atoms with Crippen LogP contribution in [0.3, 0.4) is 0 Å². The number of nitrogens with one attached hydrogen (secondary N) is 1. The van der Waals surface area contributed by atoms with E-state index in [0.29, 0.717) is 12.1 Å². The van der Waals surface area contributed by atoms with E-state index in [2.05, 4.69) is 38.3 Å². The first-order valence-electron chi connectivity index (χ1n) is 9.10. The molecule has 0 bridgehead atoms. The van der Waals surface area contributed by atoms with Crippen molar-refractivity contribution in [2.45, 2.75) is 25.3 Å². The Morgan fingerprint density at radius 3 is 2.46 bits per heavy atom. The maximum Gasteiger partial charge on any atom is 0.252 e. The normalized spacial score (nSPS) is 16.1. The van der Waals surface area contributed by atoms with Crippen LogP contribution in [0.5, 0.6) is 5.75 Å². The average molecular weight is 417 g/mol. The molecule has 0 aromatic heterocycles. The summed E-state index contributed by atoms with van der Waals surface area (Å²) in [5.41, 5.74) is 1.87. The van der Waals surface area contributed by atoms with E-state index in [1.807, 2.05) is 36.4 Å². The van der Waals surface area contributed by atoms with Crippen LogP contribution in [0.25, 0.3) is 0 Å². The first kappa shape index (κ1) is 18.9. The molecule has 1 unspecified atom stereocenters. The first-order chi connectivity index (χ1) is 12.7. The third kappa shape index (κ3) is 4.65. The molecule has 1 fully saturated rings. The first-order valence-corrected chi connectivity index (χ1v) is 9.89. The highest BCUT2D eigenvalue weighted by Crippen LogP contribution is 2.26. The predicted octanol–water partition coefficient (Wildman–Crippen LogP) is 4.41. The van der Waals surface area contributed by atoms with Gasteiger partial charge in [0, 0.05) is 11.0 Å². The van der Waals surface area contributed by atoms with Crippen LogP contribution < -0.4 is 10.1 Å². The number of piperidine rings is 1. The number of amides is 1. The lowest BCUT2D eigenvalue weighted by atomic mass is 10.0. The number of ether oxygens (including phenoxy) is 1. The average Bonchev–Trinajstić information content (AvgIpc) is 2.69. The van der Waals surface area contributed by atoms with Crippen LogP contribution in [0, 0.1) is 0 Å².